The van der Waals surface area contributed by atoms with E-state index >= 15 is 0 Å². The molecule has 0 saturated carbocycles. The predicted octanol–water partition coefficient (Wildman–Crippen LogP) is 3.84. The second-order valence-corrected chi connectivity index (χ2v) is 8.48. The molecule has 3 aromatic rings. The Kier molecular flexibility index (Phi) is 7.51. The largest absolute Gasteiger partial charge is 0.497 e. The summed E-state index contributed by atoms with van der Waals surface area (Å²) in [7, 11) is 1.65. The molecule has 0 spiro atoms. The Labute approximate surface area is 190 Å². The van der Waals surface area contributed by atoms with E-state index in [1.165, 1.54) is 5.56 Å². The molecule has 4 rings (SSSR count). The highest BCUT2D eigenvalue weighted by Crippen LogP contribution is 2.18. The number of ether oxygens (including phenoxy) is 1. The molecule has 1 aliphatic rings. The van der Waals surface area contributed by atoms with Gasteiger partial charge in [-0.1, -0.05) is 48.5 Å². The SMILES string of the molecule is COc1ccc(CC(=O)N2CCN(Cc3ccccc3)C[C@@H](Cc3ccccn3)C2)cc1. The third kappa shape index (κ3) is 6.17. The van der Waals surface area contributed by atoms with Gasteiger partial charge in [-0.25, -0.2) is 0 Å². The van der Waals surface area contributed by atoms with Crippen molar-refractivity contribution in [2.24, 2.45) is 5.92 Å². The number of carbonyl (C=O) groups excluding carboxylic acids is 1. The van der Waals surface area contributed by atoms with E-state index in [0.29, 0.717) is 12.3 Å². The number of carbonyl (C=O) groups is 1. The zero-order valence-electron chi connectivity index (χ0n) is 18.7. The van der Waals surface area contributed by atoms with Gasteiger partial charge >= 0.3 is 0 Å². The Morgan fingerprint density at radius 3 is 2.44 bits per heavy atom. The molecular formula is C27H31N3O2. The normalized spacial score (nSPS) is 17.0. The van der Waals surface area contributed by atoms with Crippen LogP contribution in [0.2, 0.25) is 0 Å². The minimum absolute atomic E-state index is 0.183. The van der Waals surface area contributed by atoms with E-state index in [1.807, 2.05) is 47.5 Å². The minimum Gasteiger partial charge on any atom is -0.497 e. The standard InChI is InChI=1S/C27H31N3O2/c1-32-26-12-10-22(11-13-26)18-27(31)30-16-15-29(19-23-7-3-2-4-8-23)20-24(21-30)17-25-9-5-6-14-28-25/h2-14,24H,15-21H2,1H3/t24-/m1/s1. The van der Waals surface area contributed by atoms with Crippen molar-refractivity contribution in [1.29, 1.82) is 0 Å². The summed E-state index contributed by atoms with van der Waals surface area (Å²) in [5, 5.41) is 0. The molecule has 1 atom stereocenters. The molecule has 1 aliphatic heterocycles. The van der Waals surface area contributed by atoms with Crippen LogP contribution in [0.15, 0.2) is 79.0 Å². The number of rotatable bonds is 7. The summed E-state index contributed by atoms with van der Waals surface area (Å²) < 4.78 is 5.23. The molecule has 2 heterocycles. The Morgan fingerprint density at radius 2 is 1.72 bits per heavy atom. The van der Waals surface area contributed by atoms with Crippen molar-refractivity contribution in [2.45, 2.75) is 19.4 Å². The van der Waals surface area contributed by atoms with Crippen LogP contribution in [0.3, 0.4) is 0 Å². The number of aromatic nitrogens is 1. The van der Waals surface area contributed by atoms with E-state index in [9.17, 15) is 4.79 Å². The molecule has 0 unspecified atom stereocenters. The molecule has 0 N–H and O–H groups in total. The van der Waals surface area contributed by atoms with E-state index in [4.69, 9.17) is 4.74 Å². The minimum atomic E-state index is 0.183. The number of methoxy groups -OCH3 is 1. The number of nitrogens with zero attached hydrogens (tertiary/aromatic N) is 3. The average Bonchev–Trinajstić information content (AvgIpc) is 3.03. The lowest BCUT2D eigenvalue weighted by molar-refractivity contribution is -0.130. The molecule has 1 aromatic heterocycles. The van der Waals surface area contributed by atoms with Crippen LogP contribution in [0.25, 0.3) is 0 Å². The van der Waals surface area contributed by atoms with Crippen molar-refractivity contribution < 1.29 is 9.53 Å². The van der Waals surface area contributed by atoms with Crippen molar-refractivity contribution in [1.82, 2.24) is 14.8 Å². The number of pyridine rings is 1. The molecule has 166 valence electrons. The van der Waals surface area contributed by atoms with Crippen LogP contribution >= 0.6 is 0 Å². The molecule has 2 aromatic carbocycles. The van der Waals surface area contributed by atoms with Gasteiger partial charge in [-0.2, -0.15) is 0 Å². The maximum atomic E-state index is 13.2. The summed E-state index contributed by atoms with van der Waals surface area (Å²) in [6, 6.07) is 24.4. The van der Waals surface area contributed by atoms with Crippen molar-refractivity contribution in [3.05, 3.63) is 95.8 Å². The predicted molar refractivity (Wildman–Crippen MR) is 126 cm³/mol. The summed E-state index contributed by atoms with van der Waals surface area (Å²) in [4.78, 5) is 22.3. The van der Waals surface area contributed by atoms with E-state index in [-0.39, 0.29) is 5.91 Å². The lowest BCUT2D eigenvalue weighted by Crippen LogP contribution is -2.37. The molecule has 0 bridgehead atoms. The maximum absolute atomic E-state index is 13.2. The van der Waals surface area contributed by atoms with Crippen molar-refractivity contribution in [2.75, 3.05) is 33.3 Å². The highest BCUT2D eigenvalue weighted by molar-refractivity contribution is 5.78. The van der Waals surface area contributed by atoms with Gasteiger partial charge in [-0.3, -0.25) is 14.7 Å². The number of hydrogen-bond acceptors (Lipinski definition) is 4. The molecule has 0 aliphatic carbocycles. The smallest absolute Gasteiger partial charge is 0.227 e. The first kappa shape index (κ1) is 22.0. The first-order valence-electron chi connectivity index (χ1n) is 11.3. The zero-order chi connectivity index (χ0) is 22.2. The van der Waals surface area contributed by atoms with Gasteiger partial charge in [-0.15, -0.1) is 0 Å². The molecule has 1 saturated heterocycles. The van der Waals surface area contributed by atoms with Crippen molar-refractivity contribution >= 4 is 5.91 Å². The number of amides is 1. The monoisotopic (exact) mass is 429 g/mol. The number of hydrogen-bond donors (Lipinski definition) is 0. The van der Waals surface area contributed by atoms with E-state index in [0.717, 1.165) is 56.2 Å². The van der Waals surface area contributed by atoms with Crippen LogP contribution in [0, 0.1) is 5.92 Å². The Balaban J connectivity index is 1.46. The van der Waals surface area contributed by atoms with Crippen LogP contribution in [0.4, 0.5) is 0 Å². The van der Waals surface area contributed by atoms with Gasteiger partial charge < -0.3 is 9.64 Å². The second kappa shape index (κ2) is 10.9. The lowest BCUT2D eigenvalue weighted by Gasteiger charge is -2.24. The Morgan fingerprint density at radius 1 is 0.938 bits per heavy atom. The van der Waals surface area contributed by atoms with Crippen LogP contribution < -0.4 is 4.74 Å². The molecule has 32 heavy (non-hydrogen) atoms. The van der Waals surface area contributed by atoms with Crippen LogP contribution in [-0.2, 0) is 24.2 Å². The molecule has 0 radical (unpaired) electrons. The first-order chi connectivity index (χ1) is 15.7. The van der Waals surface area contributed by atoms with Gasteiger partial charge in [0.1, 0.15) is 5.75 Å². The summed E-state index contributed by atoms with van der Waals surface area (Å²) in [5.74, 6) is 1.33. The fraction of sp³-hybridized carbons (Fsp3) is 0.333. The summed E-state index contributed by atoms with van der Waals surface area (Å²) in [6.45, 7) is 4.25. The third-order valence-corrected chi connectivity index (χ3v) is 6.02. The zero-order valence-corrected chi connectivity index (χ0v) is 18.7. The van der Waals surface area contributed by atoms with E-state index < -0.39 is 0 Å². The highest BCUT2D eigenvalue weighted by Gasteiger charge is 2.26. The third-order valence-electron chi connectivity index (χ3n) is 6.02. The molecule has 5 heteroatoms. The Bertz CT molecular complexity index is 977. The fourth-order valence-electron chi connectivity index (χ4n) is 4.36. The first-order valence-corrected chi connectivity index (χ1v) is 11.3. The summed E-state index contributed by atoms with van der Waals surface area (Å²) in [5.41, 5.74) is 3.41. The molecule has 5 nitrogen and oxygen atoms in total. The fourth-order valence-corrected chi connectivity index (χ4v) is 4.36. The van der Waals surface area contributed by atoms with Gasteiger partial charge in [0.2, 0.25) is 5.91 Å². The summed E-state index contributed by atoms with van der Waals surface area (Å²) in [6.07, 6.45) is 3.14. The van der Waals surface area contributed by atoms with Crippen LogP contribution in [0.1, 0.15) is 16.8 Å². The van der Waals surface area contributed by atoms with Crippen molar-refractivity contribution in [3.8, 4) is 5.75 Å². The quantitative estimate of drug-likeness (QED) is 0.573. The van der Waals surface area contributed by atoms with Crippen LogP contribution in [0.5, 0.6) is 5.75 Å². The van der Waals surface area contributed by atoms with Crippen LogP contribution in [-0.4, -0.2) is 54.0 Å². The number of benzene rings is 2. The van der Waals surface area contributed by atoms with Crippen molar-refractivity contribution in [3.63, 3.8) is 0 Å². The van der Waals surface area contributed by atoms with Gasteiger partial charge in [0.15, 0.2) is 0 Å². The van der Waals surface area contributed by atoms with Gasteiger partial charge in [0.25, 0.3) is 0 Å². The summed E-state index contributed by atoms with van der Waals surface area (Å²) >= 11 is 0. The molecular weight excluding hydrogens is 398 g/mol. The van der Waals surface area contributed by atoms with E-state index in [2.05, 4.69) is 46.3 Å². The van der Waals surface area contributed by atoms with Gasteiger partial charge in [0, 0.05) is 44.6 Å². The Hall–Kier alpha value is -3.18. The maximum Gasteiger partial charge on any atom is 0.227 e. The van der Waals surface area contributed by atoms with E-state index in [1.54, 1.807) is 7.11 Å². The molecule has 1 amide bonds. The average molecular weight is 430 g/mol. The highest BCUT2D eigenvalue weighted by atomic mass is 16.5. The second-order valence-electron chi connectivity index (χ2n) is 8.48. The van der Waals surface area contributed by atoms with Gasteiger partial charge in [0.05, 0.1) is 13.5 Å². The topological polar surface area (TPSA) is 45.7 Å². The van der Waals surface area contributed by atoms with Gasteiger partial charge in [-0.05, 0) is 47.7 Å². The lowest BCUT2D eigenvalue weighted by atomic mass is 10.0. The molecule has 1 fully saturated rings.